The number of anilines is 1. The zero-order chi connectivity index (χ0) is 38.1. The number of methoxy groups -OCH3 is 1. The molecule has 1 N–H and O–H groups in total. The normalized spacial score (nSPS) is 27.0. The van der Waals surface area contributed by atoms with Crippen molar-refractivity contribution in [2.24, 2.45) is 22.7 Å². The average molecular weight is 760 g/mol. The van der Waals surface area contributed by atoms with E-state index in [1.165, 1.54) is 11.4 Å². The number of halogens is 2. The molecule has 4 fully saturated rings. The monoisotopic (exact) mass is 759 g/mol. The number of likely N-dealkylation sites (N-methyl/N-ethyl adjacent to an activating group) is 1. The van der Waals surface area contributed by atoms with Crippen molar-refractivity contribution in [3.8, 4) is 5.75 Å². The first-order chi connectivity index (χ1) is 24.2. The maximum absolute atomic E-state index is 16.0. The van der Waals surface area contributed by atoms with Gasteiger partial charge in [-0.05, 0) is 97.3 Å². The van der Waals surface area contributed by atoms with Crippen molar-refractivity contribution >= 4 is 33.2 Å². The molecule has 2 heterocycles. The molecule has 2 aromatic rings. The van der Waals surface area contributed by atoms with E-state index in [4.69, 9.17) is 16.3 Å². The van der Waals surface area contributed by atoms with Crippen LogP contribution in [0.25, 0.3) is 0 Å². The molecule has 3 aliphatic carbocycles. The lowest BCUT2D eigenvalue weighted by atomic mass is 9.43. The Kier molecular flexibility index (Phi) is 10.8. The Bertz CT molecular complexity index is 1790. The maximum Gasteiger partial charge on any atom is 0.238 e. The first-order valence-electron chi connectivity index (χ1n) is 18.7. The summed E-state index contributed by atoms with van der Waals surface area (Å²) in [7, 11) is 6.03. The molecule has 5 aliphatic rings. The minimum absolute atomic E-state index is 0.0171. The Balaban J connectivity index is 1.52. The van der Waals surface area contributed by atoms with E-state index in [1.54, 1.807) is 12.1 Å². The molecule has 52 heavy (non-hydrogen) atoms. The fraction of sp³-hybridized carbons (Fsp3) is 0.675. The number of ether oxygens (including phenoxy) is 1. The van der Waals surface area contributed by atoms with Gasteiger partial charge in [-0.1, -0.05) is 52.3 Å². The van der Waals surface area contributed by atoms with Crippen LogP contribution in [-0.4, -0.2) is 94.2 Å². The molecular weight excluding hydrogens is 701 g/mol. The first-order valence-corrected chi connectivity index (χ1v) is 20.7. The molecule has 0 spiro atoms. The second-order valence-corrected chi connectivity index (χ2v) is 20.6. The highest BCUT2D eigenvalue weighted by molar-refractivity contribution is 7.89. The summed E-state index contributed by atoms with van der Waals surface area (Å²) in [5, 5.41) is 3.74. The van der Waals surface area contributed by atoms with Crippen molar-refractivity contribution in [3.05, 3.63) is 57.4 Å². The van der Waals surface area contributed by atoms with Gasteiger partial charge in [-0.15, -0.1) is 0 Å². The SMILES string of the molecule is COc1ccc(Cl)c(CN(Cc2cc3c(c(N(C)C)c2)[C@H]2C4CC(C[C@@H]2NC(=O)C2CCS(=O)(=O)N2C3)C4(C)C)[C@H](CN(C)C)CC(C)(C)C)c1F. The Morgan fingerprint density at radius 1 is 1.12 bits per heavy atom. The van der Waals surface area contributed by atoms with E-state index in [2.05, 4.69) is 80.9 Å². The van der Waals surface area contributed by atoms with E-state index in [0.29, 0.717) is 35.4 Å². The fourth-order valence-electron chi connectivity index (χ4n) is 9.79. The highest BCUT2D eigenvalue weighted by Crippen LogP contribution is 2.65. The molecule has 2 bridgehead atoms. The summed E-state index contributed by atoms with van der Waals surface area (Å²) in [6, 6.07) is 6.91. The van der Waals surface area contributed by atoms with Gasteiger partial charge in [0.15, 0.2) is 11.6 Å². The number of hydrogen-bond acceptors (Lipinski definition) is 7. The number of amides is 1. The summed E-state index contributed by atoms with van der Waals surface area (Å²) in [5.74, 6) is 0.405. The molecule has 9 nitrogen and oxygen atoms in total. The largest absolute Gasteiger partial charge is 0.494 e. The summed E-state index contributed by atoms with van der Waals surface area (Å²) in [4.78, 5) is 20.5. The van der Waals surface area contributed by atoms with Gasteiger partial charge < -0.3 is 19.9 Å². The van der Waals surface area contributed by atoms with Gasteiger partial charge in [0.1, 0.15) is 6.04 Å². The predicted molar refractivity (Wildman–Crippen MR) is 207 cm³/mol. The molecule has 288 valence electrons. The summed E-state index contributed by atoms with van der Waals surface area (Å²) in [6.45, 7) is 13.0. The van der Waals surface area contributed by atoms with Crippen molar-refractivity contribution in [3.63, 3.8) is 0 Å². The topological polar surface area (TPSA) is 85.4 Å². The number of rotatable bonds is 10. The summed E-state index contributed by atoms with van der Waals surface area (Å²) in [5.41, 5.74) is 4.63. The van der Waals surface area contributed by atoms with Crippen LogP contribution in [0.2, 0.25) is 5.02 Å². The van der Waals surface area contributed by atoms with Crippen LogP contribution in [-0.2, 0) is 34.5 Å². The molecule has 0 radical (unpaired) electrons. The molecule has 2 aliphatic heterocycles. The van der Waals surface area contributed by atoms with Crippen LogP contribution < -0.4 is 15.0 Å². The molecule has 6 atom stereocenters. The zero-order valence-corrected chi connectivity index (χ0v) is 34.3. The van der Waals surface area contributed by atoms with E-state index >= 15 is 4.39 Å². The third kappa shape index (κ3) is 7.46. The molecular formula is C40H59ClFN5O4S. The molecule has 0 aromatic heterocycles. The minimum atomic E-state index is -3.64. The summed E-state index contributed by atoms with van der Waals surface area (Å²) < 4.78 is 50.0. The summed E-state index contributed by atoms with van der Waals surface area (Å²) in [6.07, 6.45) is 3.12. The van der Waals surface area contributed by atoms with Crippen LogP contribution in [0, 0.1) is 28.5 Å². The number of nitrogens with zero attached hydrogens (tertiary/aromatic N) is 4. The van der Waals surface area contributed by atoms with Crippen LogP contribution in [0.4, 0.5) is 10.1 Å². The van der Waals surface area contributed by atoms with Crippen molar-refractivity contribution in [1.29, 1.82) is 0 Å². The second-order valence-electron chi connectivity index (χ2n) is 18.1. The molecule has 3 unspecified atom stereocenters. The fourth-order valence-corrected chi connectivity index (χ4v) is 11.7. The zero-order valence-electron chi connectivity index (χ0n) is 32.7. The Labute approximate surface area is 316 Å². The van der Waals surface area contributed by atoms with E-state index in [-0.39, 0.29) is 59.3 Å². The van der Waals surface area contributed by atoms with Crippen LogP contribution in [0.15, 0.2) is 24.3 Å². The smallest absolute Gasteiger partial charge is 0.238 e. The standard InChI is InChI=1S/C40H59ClFN5O4S/c1-39(2,3)19-27(22-44(6)7)46(23-28-30(41)11-12-34(51-10)37(28)42)20-24-15-25-21-47-32(13-14-52(47,49)50)38(48)43-31-18-26-17-29(40(26,4)5)36(31)35(25)33(16-24)45(8)9/h11-12,15-16,26-27,29,31-32,36H,13-14,17-23H2,1-10H3,(H,43,48)/t26?,27-,29?,31-,32?,36-/m0/s1. The lowest BCUT2D eigenvalue weighted by Crippen LogP contribution is -2.61. The summed E-state index contributed by atoms with van der Waals surface area (Å²) >= 11 is 6.72. The first kappa shape index (κ1) is 39.3. The molecule has 12 heteroatoms. The quantitative estimate of drug-likeness (QED) is 0.297. The number of nitrogens with one attached hydrogen (secondary N) is 1. The number of carbonyl (C=O) groups excluding carboxylic acids is 1. The van der Waals surface area contributed by atoms with Gasteiger partial charge in [0, 0.05) is 74.5 Å². The number of fused-ring (bicyclic) bond motifs is 2. The lowest BCUT2D eigenvalue weighted by Gasteiger charge is -2.63. The minimum Gasteiger partial charge on any atom is -0.494 e. The van der Waals surface area contributed by atoms with E-state index in [0.717, 1.165) is 48.2 Å². The van der Waals surface area contributed by atoms with Crippen molar-refractivity contribution in [2.75, 3.05) is 52.5 Å². The Morgan fingerprint density at radius 3 is 2.44 bits per heavy atom. The van der Waals surface area contributed by atoms with Gasteiger partial charge in [-0.2, -0.15) is 4.31 Å². The Hall–Kier alpha value is -2.44. The lowest BCUT2D eigenvalue weighted by molar-refractivity contribution is -0.131. The van der Waals surface area contributed by atoms with Gasteiger partial charge >= 0.3 is 0 Å². The Morgan fingerprint density at radius 2 is 1.83 bits per heavy atom. The van der Waals surface area contributed by atoms with Gasteiger partial charge in [0.05, 0.1) is 12.9 Å². The third-order valence-electron chi connectivity index (χ3n) is 12.4. The van der Waals surface area contributed by atoms with E-state index < -0.39 is 21.9 Å². The number of benzene rings is 2. The van der Waals surface area contributed by atoms with Gasteiger partial charge in [0.25, 0.3) is 0 Å². The van der Waals surface area contributed by atoms with Gasteiger partial charge in [-0.3, -0.25) is 9.69 Å². The van der Waals surface area contributed by atoms with E-state index in [9.17, 15) is 13.2 Å². The maximum atomic E-state index is 16.0. The molecule has 7 rings (SSSR count). The number of sulfonamides is 1. The van der Waals surface area contributed by atoms with E-state index in [1.807, 2.05) is 14.1 Å². The van der Waals surface area contributed by atoms with Crippen molar-refractivity contribution < 1.29 is 22.3 Å². The molecule has 2 aromatic carbocycles. The van der Waals surface area contributed by atoms with Crippen molar-refractivity contribution in [1.82, 2.24) is 19.4 Å². The van der Waals surface area contributed by atoms with Crippen LogP contribution in [0.1, 0.15) is 88.5 Å². The third-order valence-corrected chi connectivity index (χ3v) is 14.6. The molecule has 3 saturated carbocycles. The van der Waals surface area contributed by atoms with Crippen LogP contribution >= 0.6 is 11.6 Å². The molecule has 1 saturated heterocycles. The van der Waals surface area contributed by atoms with Gasteiger partial charge in [0.2, 0.25) is 15.9 Å². The molecule has 1 amide bonds. The van der Waals surface area contributed by atoms with Crippen molar-refractivity contribution in [2.45, 2.75) is 104 Å². The number of hydrogen-bond donors (Lipinski definition) is 1. The predicted octanol–water partition coefficient (Wildman–Crippen LogP) is 6.47. The van der Waals surface area contributed by atoms with Crippen LogP contribution in [0.3, 0.4) is 0 Å². The van der Waals surface area contributed by atoms with Gasteiger partial charge in [-0.25, -0.2) is 12.8 Å². The number of carbonyl (C=O) groups is 1. The van der Waals surface area contributed by atoms with Crippen LogP contribution in [0.5, 0.6) is 5.75 Å². The second kappa shape index (κ2) is 14.3. The highest BCUT2D eigenvalue weighted by atomic mass is 35.5. The average Bonchev–Trinajstić information content (AvgIpc) is 3.36. The highest BCUT2D eigenvalue weighted by Gasteiger charge is 2.60.